The number of sulfonamides is 1. The molecule has 1 aromatic carbocycles. The summed E-state index contributed by atoms with van der Waals surface area (Å²) in [4.78, 5) is 73.1. The van der Waals surface area contributed by atoms with Crippen LogP contribution >= 0.6 is 0 Å². The third-order valence-electron chi connectivity index (χ3n) is 9.33. The van der Waals surface area contributed by atoms with E-state index in [1.807, 2.05) is 6.07 Å². The molecule has 3 aliphatic rings. The lowest BCUT2D eigenvalue weighted by molar-refractivity contribution is -0.141. The summed E-state index contributed by atoms with van der Waals surface area (Å²) >= 11 is 0. The van der Waals surface area contributed by atoms with Crippen LogP contribution in [0.25, 0.3) is 10.8 Å². The Balaban J connectivity index is 1.44. The molecule has 3 N–H and O–H groups in total. The molecule has 2 heterocycles. The predicted octanol–water partition coefficient (Wildman–Crippen LogP) is 3.08. The zero-order valence-electron chi connectivity index (χ0n) is 30.5. The van der Waals surface area contributed by atoms with Gasteiger partial charge in [-0.05, 0) is 89.1 Å². The number of nitrogens with zero attached hydrogens (tertiary/aromatic N) is 2. The van der Waals surface area contributed by atoms with Gasteiger partial charge in [-0.3, -0.25) is 23.9 Å². The number of likely N-dealkylation sites (tertiary alicyclic amines) is 1. The molecule has 2 saturated carbocycles. The number of hydrogen-bond acceptors (Lipinski definition) is 11. The van der Waals surface area contributed by atoms with Gasteiger partial charge in [0, 0.05) is 30.3 Å². The van der Waals surface area contributed by atoms with Gasteiger partial charge in [-0.25, -0.2) is 18.2 Å². The second-order valence-electron chi connectivity index (χ2n) is 14.6. The van der Waals surface area contributed by atoms with Crippen molar-refractivity contribution in [2.24, 2.45) is 5.92 Å². The molecule has 53 heavy (non-hydrogen) atoms. The van der Waals surface area contributed by atoms with Crippen molar-refractivity contribution in [3.8, 4) is 11.6 Å². The van der Waals surface area contributed by atoms with Gasteiger partial charge in [0.1, 0.15) is 35.1 Å². The summed E-state index contributed by atoms with van der Waals surface area (Å²) in [6.45, 7) is 10.3. The van der Waals surface area contributed by atoms with E-state index in [1.165, 1.54) is 17.1 Å². The number of ketones is 1. The zero-order chi connectivity index (χ0) is 38.7. The van der Waals surface area contributed by atoms with Crippen LogP contribution in [0.1, 0.15) is 66.2 Å². The average Bonchev–Trinajstić information content (AvgIpc) is 4.02. The molecule has 2 aromatic rings. The molecular formula is C37H47N5O10S. The first-order chi connectivity index (χ1) is 25.0. The minimum Gasteiger partial charge on any atom is -0.497 e. The highest BCUT2D eigenvalue weighted by Gasteiger charge is 2.62. The third kappa shape index (κ3) is 9.33. The topological polar surface area (TPSA) is 199 Å². The Labute approximate surface area is 308 Å². The highest BCUT2D eigenvalue weighted by atomic mass is 32.2. The van der Waals surface area contributed by atoms with Crippen LogP contribution in [0.15, 0.2) is 55.3 Å². The van der Waals surface area contributed by atoms with E-state index >= 15 is 0 Å². The summed E-state index contributed by atoms with van der Waals surface area (Å²) in [5, 5.41) is 6.08. The van der Waals surface area contributed by atoms with Crippen molar-refractivity contribution in [3.63, 3.8) is 0 Å². The summed E-state index contributed by atoms with van der Waals surface area (Å²) < 4.78 is 44.6. The fourth-order valence-electron chi connectivity index (χ4n) is 6.36. The van der Waals surface area contributed by atoms with Crippen LogP contribution in [0.5, 0.6) is 11.6 Å². The standard InChI is InChI=1S/C37H47N5O10S/c1-7-9-24(43)10-15-29(39-35(47)52-36(3,4)5)33(45)42-21-26(51-32-28-14-11-25(50-6)18-22(28)16-17-38-32)19-30(42)31(44)40-37(20-23(37)8-2)34(46)41-53(48,49)27-12-13-27/h7-9,11,14,16-18,23,26-27,29-30H,2,10,12-13,15,19-21H2,1,3-6H3,(H,39,47)(H,40,44)(H,41,46)/t23-,26-,29+,30+,37-/m1/s1. The molecule has 0 spiro atoms. The number of alkyl carbamates (subject to hydrolysis) is 1. The van der Waals surface area contributed by atoms with Crippen LogP contribution in [0.2, 0.25) is 0 Å². The molecule has 0 bridgehead atoms. The van der Waals surface area contributed by atoms with Crippen LogP contribution in [-0.2, 0) is 33.9 Å². The van der Waals surface area contributed by atoms with Crippen molar-refractivity contribution in [3.05, 3.63) is 55.3 Å². The van der Waals surface area contributed by atoms with Gasteiger partial charge in [-0.2, -0.15) is 0 Å². The van der Waals surface area contributed by atoms with Gasteiger partial charge in [0.2, 0.25) is 27.7 Å². The summed E-state index contributed by atoms with van der Waals surface area (Å²) in [6.07, 6.45) is 5.02. The molecule has 0 unspecified atom stereocenters. The zero-order valence-corrected chi connectivity index (χ0v) is 31.4. The fraction of sp³-hybridized carbons (Fsp3) is 0.514. The van der Waals surface area contributed by atoms with Crippen LogP contribution in [-0.4, -0.2) is 96.1 Å². The van der Waals surface area contributed by atoms with Gasteiger partial charge in [-0.1, -0.05) is 12.2 Å². The molecule has 1 aliphatic heterocycles. The van der Waals surface area contributed by atoms with Crippen molar-refractivity contribution < 1.29 is 46.6 Å². The maximum atomic E-state index is 14.4. The quantitative estimate of drug-likeness (QED) is 0.178. The van der Waals surface area contributed by atoms with Gasteiger partial charge in [0.15, 0.2) is 5.78 Å². The lowest BCUT2D eigenvalue weighted by Crippen LogP contribution is -2.58. The molecule has 286 valence electrons. The van der Waals surface area contributed by atoms with Crippen LogP contribution in [0.3, 0.4) is 0 Å². The number of ether oxygens (including phenoxy) is 3. The minimum atomic E-state index is -3.93. The highest BCUT2D eigenvalue weighted by Crippen LogP contribution is 2.45. The summed E-state index contributed by atoms with van der Waals surface area (Å²) in [6, 6.07) is 4.62. The normalized spacial score (nSPS) is 23.2. The Hall–Kier alpha value is -4.99. The largest absolute Gasteiger partial charge is 0.497 e. The molecule has 3 fully saturated rings. The molecular weight excluding hydrogens is 706 g/mol. The summed E-state index contributed by atoms with van der Waals surface area (Å²) in [5.41, 5.74) is -2.49. The molecule has 5 atom stereocenters. The van der Waals surface area contributed by atoms with Crippen molar-refractivity contribution in [1.29, 1.82) is 0 Å². The first-order valence-electron chi connectivity index (χ1n) is 17.6. The van der Waals surface area contributed by atoms with Gasteiger partial charge >= 0.3 is 6.09 Å². The molecule has 15 nitrogen and oxygen atoms in total. The van der Waals surface area contributed by atoms with Crippen molar-refractivity contribution >= 4 is 50.4 Å². The predicted molar refractivity (Wildman–Crippen MR) is 194 cm³/mol. The number of aromatic nitrogens is 1. The lowest BCUT2D eigenvalue weighted by atomic mass is 10.1. The number of nitrogens with one attached hydrogen (secondary N) is 3. The molecule has 1 saturated heterocycles. The smallest absolute Gasteiger partial charge is 0.408 e. The number of amides is 4. The number of carbonyl (C=O) groups is 5. The van der Waals surface area contributed by atoms with Gasteiger partial charge in [0.05, 0.1) is 18.9 Å². The monoisotopic (exact) mass is 753 g/mol. The van der Waals surface area contributed by atoms with E-state index in [2.05, 4.69) is 26.9 Å². The first-order valence-corrected chi connectivity index (χ1v) is 19.1. The number of pyridine rings is 1. The van der Waals surface area contributed by atoms with Crippen LogP contribution < -0.4 is 24.8 Å². The number of fused-ring (bicyclic) bond motifs is 1. The number of hydrogen-bond donors (Lipinski definition) is 3. The average molecular weight is 754 g/mol. The Bertz CT molecular complexity index is 1920. The molecule has 0 radical (unpaired) electrons. The van der Waals surface area contributed by atoms with Gasteiger partial charge in [0.25, 0.3) is 5.91 Å². The number of rotatable bonds is 15. The first kappa shape index (κ1) is 39.2. The lowest BCUT2D eigenvalue weighted by Gasteiger charge is -2.30. The Morgan fingerprint density at radius 3 is 2.51 bits per heavy atom. The Morgan fingerprint density at radius 1 is 1.15 bits per heavy atom. The highest BCUT2D eigenvalue weighted by molar-refractivity contribution is 7.91. The number of benzene rings is 1. The van der Waals surface area contributed by atoms with Gasteiger partial charge < -0.3 is 29.7 Å². The molecule has 5 rings (SSSR count). The Morgan fingerprint density at radius 2 is 1.89 bits per heavy atom. The second-order valence-corrected chi connectivity index (χ2v) is 16.5. The van der Waals surface area contributed by atoms with E-state index in [9.17, 15) is 32.4 Å². The fourth-order valence-corrected chi connectivity index (χ4v) is 7.73. The number of allylic oxidation sites excluding steroid dienone is 2. The van der Waals surface area contributed by atoms with Crippen molar-refractivity contribution in [1.82, 2.24) is 25.2 Å². The molecule has 16 heteroatoms. The van der Waals surface area contributed by atoms with Gasteiger partial charge in [-0.15, -0.1) is 6.58 Å². The van der Waals surface area contributed by atoms with E-state index in [-0.39, 0.29) is 43.9 Å². The summed E-state index contributed by atoms with van der Waals surface area (Å²) in [5.74, 6) is -2.25. The van der Waals surface area contributed by atoms with Crippen molar-refractivity contribution in [2.45, 2.75) is 101 Å². The van der Waals surface area contributed by atoms with E-state index in [0.717, 1.165) is 5.39 Å². The SMILES string of the molecule is C=C[C@@H]1C[C@]1(NC(=O)[C@@H]1C[C@@H](Oc2nccc3cc(OC)ccc23)CN1C(=O)[C@H](CCC(=O)C=CC)NC(=O)OC(C)(C)C)C(=O)NS(=O)(=O)C1CC1. The van der Waals surface area contributed by atoms with E-state index in [0.29, 0.717) is 24.0 Å². The number of methoxy groups -OCH3 is 1. The van der Waals surface area contributed by atoms with E-state index < -0.39 is 74.3 Å². The van der Waals surface area contributed by atoms with Crippen LogP contribution in [0, 0.1) is 5.92 Å². The summed E-state index contributed by atoms with van der Waals surface area (Å²) in [7, 11) is -2.38. The molecule has 1 aromatic heterocycles. The second kappa shape index (κ2) is 15.5. The Kier molecular flexibility index (Phi) is 11.5. The van der Waals surface area contributed by atoms with Crippen LogP contribution in [0.4, 0.5) is 4.79 Å². The maximum absolute atomic E-state index is 14.4. The van der Waals surface area contributed by atoms with Crippen molar-refractivity contribution in [2.75, 3.05) is 13.7 Å². The maximum Gasteiger partial charge on any atom is 0.408 e. The third-order valence-corrected chi connectivity index (χ3v) is 11.2. The minimum absolute atomic E-state index is 0.0424. The number of carbonyl (C=O) groups excluding carboxylic acids is 5. The molecule has 4 amide bonds. The van der Waals surface area contributed by atoms with E-state index in [4.69, 9.17) is 14.2 Å². The van der Waals surface area contributed by atoms with E-state index in [1.54, 1.807) is 65.3 Å². The molecule has 2 aliphatic carbocycles.